The molecule has 2 atom stereocenters. The number of aromatic nitrogens is 2. The van der Waals surface area contributed by atoms with Crippen molar-refractivity contribution in [2.45, 2.75) is 51.3 Å². The molecule has 3 saturated heterocycles. The summed E-state index contributed by atoms with van der Waals surface area (Å²) in [5.41, 5.74) is 0.954. The molecule has 5 rings (SSSR count). The summed E-state index contributed by atoms with van der Waals surface area (Å²) in [5, 5.41) is 4.32. The Balaban J connectivity index is 1.30. The van der Waals surface area contributed by atoms with Gasteiger partial charge in [0.1, 0.15) is 6.23 Å². The predicted octanol–water partition coefficient (Wildman–Crippen LogP) is 4.25. The first-order valence-corrected chi connectivity index (χ1v) is 12.0. The van der Waals surface area contributed by atoms with Gasteiger partial charge in [0.25, 0.3) is 0 Å². The second-order valence-corrected chi connectivity index (χ2v) is 9.26. The highest BCUT2D eigenvalue weighted by Gasteiger charge is 2.33. The smallest absolute Gasteiger partial charge is 0.320 e. The number of anilines is 1. The van der Waals surface area contributed by atoms with Crippen LogP contribution in [0.1, 0.15) is 45.3 Å². The Morgan fingerprint density at radius 1 is 1.06 bits per heavy atom. The minimum Gasteiger partial charge on any atom is -0.365 e. The molecule has 1 aromatic heterocycles. The van der Waals surface area contributed by atoms with Crippen molar-refractivity contribution in [1.29, 1.82) is 0 Å². The maximum atomic E-state index is 15.2. The third-order valence-corrected chi connectivity index (χ3v) is 7.02. The lowest BCUT2D eigenvalue weighted by Crippen LogP contribution is -2.57. The molecule has 3 aliphatic rings. The second kappa shape index (κ2) is 9.29. The molecule has 0 bridgehead atoms. The summed E-state index contributed by atoms with van der Waals surface area (Å²) >= 11 is 0. The maximum absolute atomic E-state index is 15.2. The van der Waals surface area contributed by atoms with Crippen LogP contribution < -0.4 is 4.90 Å². The summed E-state index contributed by atoms with van der Waals surface area (Å²) in [7, 11) is 0. The Morgan fingerprint density at radius 2 is 1.88 bits per heavy atom. The van der Waals surface area contributed by atoms with Crippen LogP contribution in [0.5, 0.6) is 0 Å². The van der Waals surface area contributed by atoms with E-state index in [0.29, 0.717) is 31.8 Å². The molecule has 0 saturated carbocycles. The number of nitrogens with zero attached hydrogens (tertiary/aromatic N) is 5. The van der Waals surface area contributed by atoms with Gasteiger partial charge in [-0.2, -0.15) is 5.10 Å². The number of hydrogen-bond donors (Lipinski definition) is 0. The molecule has 3 fully saturated rings. The quantitative estimate of drug-likeness (QED) is 0.689. The van der Waals surface area contributed by atoms with Crippen LogP contribution in [-0.4, -0.2) is 71.0 Å². The molecular weight excluding hydrogens is 428 g/mol. The van der Waals surface area contributed by atoms with Gasteiger partial charge in [-0.05, 0) is 51.2 Å². The van der Waals surface area contributed by atoms with Gasteiger partial charge in [-0.3, -0.25) is 0 Å². The van der Waals surface area contributed by atoms with Crippen molar-refractivity contribution in [3.05, 3.63) is 36.2 Å². The molecule has 0 aliphatic carbocycles. The van der Waals surface area contributed by atoms with Crippen LogP contribution in [0.2, 0.25) is 0 Å². The summed E-state index contributed by atoms with van der Waals surface area (Å²) in [6.45, 7) is 5.68. The van der Waals surface area contributed by atoms with Crippen molar-refractivity contribution < 1.29 is 18.3 Å². The molecule has 2 amide bonds. The van der Waals surface area contributed by atoms with Crippen molar-refractivity contribution in [1.82, 2.24) is 19.6 Å². The topological polar surface area (TPSA) is 53.8 Å². The van der Waals surface area contributed by atoms with Crippen molar-refractivity contribution >= 4 is 11.7 Å². The monoisotopic (exact) mass is 459 g/mol. The first-order valence-electron chi connectivity index (χ1n) is 12.0. The number of amides is 2. The molecule has 0 radical (unpaired) electrons. The van der Waals surface area contributed by atoms with E-state index in [1.807, 2.05) is 21.6 Å². The molecule has 1 aromatic carbocycles. The SMILES string of the molecule is C[C@H]1CN(c2ccc(-c3cnn(C4CCCCO4)c3)c(F)c2F)CCN1C(=O)N1CCCC1. The van der Waals surface area contributed by atoms with Gasteiger partial charge in [0.2, 0.25) is 0 Å². The summed E-state index contributed by atoms with van der Waals surface area (Å²) in [6.07, 6.45) is 8.17. The highest BCUT2D eigenvalue weighted by molar-refractivity contribution is 5.75. The van der Waals surface area contributed by atoms with Crippen LogP contribution in [0.15, 0.2) is 24.5 Å². The van der Waals surface area contributed by atoms with Crippen LogP contribution in [0.25, 0.3) is 11.1 Å². The summed E-state index contributed by atoms with van der Waals surface area (Å²) in [4.78, 5) is 18.4. The molecule has 7 nitrogen and oxygen atoms in total. The minimum atomic E-state index is -0.875. The number of rotatable bonds is 3. The third-order valence-electron chi connectivity index (χ3n) is 7.02. The average molecular weight is 460 g/mol. The maximum Gasteiger partial charge on any atom is 0.320 e. The number of urea groups is 1. The predicted molar refractivity (Wildman–Crippen MR) is 121 cm³/mol. The number of ether oxygens (including phenoxy) is 1. The Morgan fingerprint density at radius 3 is 2.61 bits per heavy atom. The van der Waals surface area contributed by atoms with Gasteiger partial charge in [0.05, 0.1) is 11.9 Å². The van der Waals surface area contributed by atoms with Crippen molar-refractivity contribution in [2.24, 2.45) is 0 Å². The summed E-state index contributed by atoms with van der Waals surface area (Å²) in [5.74, 6) is -1.74. The number of carbonyl (C=O) groups is 1. The molecule has 9 heteroatoms. The van der Waals surface area contributed by atoms with E-state index in [1.54, 1.807) is 29.2 Å². The number of hydrogen-bond acceptors (Lipinski definition) is 4. The fourth-order valence-electron chi connectivity index (χ4n) is 5.12. The van der Waals surface area contributed by atoms with E-state index < -0.39 is 11.6 Å². The first kappa shape index (κ1) is 22.1. The fourth-order valence-corrected chi connectivity index (χ4v) is 5.12. The number of benzene rings is 1. The van der Waals surface area contributed by atoms with Crippen LogP contribution in [0, 0.1) is 11.6 Å². The van der Waals surface area contributed by atoms with Gasteiger partial charge in [-0.15, -0.1) is 0 Å². The summed E-state index contributed by atoms with van der Waals surface area (Å²) < 4.78 is 37.7. The first-order chi connectivity index (χ1) is 16.0. The molecular formula is C24H31F2N5O2. The largest absolute Gasteiger partial charge is 0.365 e. The molecule has 3 aliphatic heterocycles. The molecule has 4 heterocycles. The van der Waals surface area contributed by atoms with E-state index in [2.05, 4.69) is 5.10 Å². The van der Waals surface area contributed by atoms with Gasteiger partial charge in [-0.25, -0.2) is 18.3 Å². The van der Waals surface area contributed by atoms with Gasteiger partial charge in [0, 0.05) is 62.7 Å². The molecule has 33 heavy (non-hydrogen) atoms. The van der Waals surface area contributed by atoms with Gasteiger partial charge < -0.3 is 19.4 Å². The van der Waals surface area contributed by atoms with Gasteiger partial charge in [-0.1, -0.05) is 0 Å². The fraction of sp³-hybridized carbons (Fsp3) is 0.583. The van der Waals surface area contributed by atoms with E-state index >= 15 is 8.78 Å². The normalized spacial score (nSPS) is 23.9. The van der Waals surface area contributed by atoms with E-state index in [4.69, 9.17) is 4.74 Å². The van der Waals surface area contributed by atoms with E-state index in [0.717, 1.165) is 45.2 Å². The van der Waals surface area contributed by atoms with Crippen molar-refractivity contribution in [3.8, 4) is 11.1 Å². The Bertz CT molecular complexity index is 1000. The average Bonchev–Trinajstić information content (AvgIpc) is 3.54. The summed E-state index contributed by atoms with van der Waals surface area (Å²) in [6, 6.07) is 3.22. The van der Waals surface area contributed by atoms with Gasteiger partial charge in [0.15, 0.2) is 11.6 Å². The Labute approximate surface area is 192 Å². The lowest BCUT2D eigenvalue weighted by molar-refractivity contribution is -0.0394. The highest BCUT2D eigenvalue weighted by Crippen LogP contribution is 2.33. The molecule has 2 aromatic rings. The number of likely N-dealkylation sites (tertiary alicyclic amines) is 1. The van der Waals surface area contributed by atoms with Crippen LogP contribution in [-0.2, 0) is 4.74 Å². The molecule has 0 N–H and O–H groups in total. The van der Waals surface area contributed by atoms with E-state index in [-0.39, 0.29) is 29.6 Å². The van der Waals surface area contributed by atoms with Crippen LogP contribution in [0.4, 0.5) is 19.3 Å². The minimum absolute atomic E-state index is 0.0561. The lowest BCUT2D eigenvalue weighted by Gasteiger charge is -2.42. The zero-order valence-electron chi connectivity index (χ0n) is 19.1. The second-order valence-electron chi connectivity index (χ2n) is 9.26. The zero-order valence-corrected chi connectivity index (χ0v) is 19.1. The zero-order chi connectivity index (χ0) is 22.9. The number of piperazine rings is 1. The van der Waals surface area contributed by atoms with Gasteiger partial charge >= 0.3 is 6.03 Å². The molecule has 1 unspecified atom stereocenters. The number of carbonyl (C=O) groups excluding carboxylic acids is 1. The van der Waals surface area contributed by atoms with E-state index in [9.17, 15) is 4.79 Å². The molecule has 178 valence electrons. The van der Waals surface area contributed by atoms with Crippen molar-refractivity contribution in [2.75, 3.05) is 44.2 Å². The molecule has 0 spiro atoms. The standard InChI is InChI=1S/C24H31F2N5O2/c1-17-15-29(11-12-30(17)24(32)28-9-3-4-10-28)20-8-7-19(22(25)23(20)26)18-14-27-31(16-18)21-6-2-5-13-33-21/h7-8,14,16-17,21H,2-6,9-13,15H2,1H3/t17-,21?/m0/s1. The number of halogens is 2. The Hall–Kier alpha value is -2.68. The van der Waals surface area contributed by atoms with Crippen LogP contribution >= 0.6 is 0 Å². The van der Waals surface area contributed by atoms with Crippen LogP contribution in [0.3, 0.4) is 0 Å². The lowest BCUT2D eigenvalue weighted by atomic mass is 10.1. The van der Waals surface area contributed by atoms with E-state index in [1.165, 1.54) is 0 Å². The third kappa shape index (κ3) is 4.30. The van der Waals surface area contributed by atoms with Crippen molar-refractivity contribution in [3.63, 3.8) is 0 Å². The highest BCUT2D eigenvalue weighted by atomic mass is 19.2. The Kier molecular flexibility index (Phi) is 6.23.